The summed E-state index contributed by atoms with van der Waals surface area (Å²) in [4.78, 5) is 18.0. The summed E-state index contributed by atoms with van der Waals surface area (Å²) in [6.45, 7) is 0.840. The standard InChI is InChI=1S/C17H16FN3O3/c18-12-9-19-6-5-13(12)20-17(22)21-7-1-2-14(21)11-3-4-15-16(8-11)24-10-23-15/h3-6,8-9,14H,1-2,7,10H2,(H,19,20,22). The third-order valence-electron chi connectivity index (χ3n) is 4.31. The quantitative estimate of drug-likeness (QED) is 0.918. The molecule has 0 aliphatic carbocycles. The second-order valence-corrected chi connectivity index (χ2v) is 5.75. The smallest absolute Gasteiger partial charge is 0.322 e. The molecule has 124 valence electrons. The van der Waals surface area contributed by atoms with E-state index < -0.39 is 5.82 Å². The number of nitrogens with one attached hydrogen (secondary N) is 1. The van der Waals surface area contributed by atoms with Crippen LogP contribution in [-0.2, 0) is 0 Å². The first-order valence-electron chi connectivity index (χ1n) is 7.79. The molecule has 1 aromatic heterocycles. The number of aromatic nitrogens is 1. The number of nitrogens with zero attached hydrogens (tertiary/aromatic N) is 2. The predicted molar refractivity (Wildman–Crippen MR) is 84.5 cm³/mol. The fraction of sp³-hybridized carbons (Fsp3) is 0.294. The van der Waals surface area contributed by atoms with Gasteiger partial charge in [0.15, 0.2) is 17.3 Å². The van der Waals surface area contributed by atoms with E-state index in [-0.39, 0.29) is 24.6 Å². The molecule has 2 amide bonds. The van der Waals surface area contributed by atoms with E-state index in [4.69, 9.17) is 9.47 Å². The van der Waals surface area contributed by atoms with E-state index in [9.17, 15) is 9.18 Å². The van der Waals surface area contributed by atoms with Crippen molar-refractivity contribution in [3.05, 3.63) is 48.0 Å². The molecule has 1 N–H and O–H groups in total. The SMILES string of the molecule is O=C(Nc1ccncc1F)N1CCCC1c1ccc2c(c1)OCO2. The Balaban J connectivity index is 1.54. The van der Waals surface area contributed by atoms with Crippen LogP contribution in [0.4, 0.5) is 14.9 Å². The van der Waals surface area contributed by atoms with Crippen LogP contribution in [0.15, 0.2) is 36.7 Å². The van der Waals surface area contributed by atoms with Crippen molar-refractivity contribution >= 4 is 11.7 Å². The third-order valence-corrected chi connectivity index (χ3v) is 4.31. The average Bonchev–Trinajstić information content (AvgIpc) is 3.25. The number of halogens is 1. The number of amides is 2. The van der Waals surface area contributed by atoms with Gasteiger partial charge in [-0.15, -0.1) is 0 Å². The number of likely N-dealkylation sites (tertiary alicyclic amines) is 1. The van der Waals surface area contributed by atoms with Crippen LogP contribution in [0.5, 0.6) is 11.5 Å². The fourth-order valence-corrected chi connectivity index (χ4v) is 3.14. The molecule has 1 aromatic carbocycles. The first-order chi connectivity index (χ1) is 11.7. The Morgan fingerprint density at radius 2 is 2.17 bits per heavy atom. The molecule has 2 aliphatic heterocycles. The van der Waals surface area contributed by atoms with Gasteiger partial charge in [0.25, 0.3) is 0 Å². The van der Waals surface area contributed by atoms with Crippen molar-refractivity contribution in [3.8, 4) is 11.5 Å². The summed E-state index contributed by atoms with van der Waals surface area (Å²) in [5.74, 6) is 0.858. The minimum Gasteiger partial charge on any atom is -0.454 e. The molecule has 24 heavy (non-hydrogen) atoms. The molecule has 1 atom stereocenters. The van der Waals surface area contributed by atoms with Gasteiger partial charge in [-0.2, -0.15) is 0 Å². The molecule has 0 saturated carbocycles. The Morgan fingerprint density at radius 3 is 3.04 bits per heavy atom. The molecular formula is C17H16FN3O3. The Labute approximate surface area is 138 Å². The lowest BCUT2D eigenvalue weighted by Crippen LogP contribution is -2.34. The predicted octanol–water partition coefficient (Wildman–Crippen LogP) is 3.32. The van der Waals surface area contributed by atoms with Crippen molar-refractivity contribution in [3.63, 3.8) is 0 Å². The highest BCUT2D eigenvalue weighted by Crippen LogP contribution is 2.39. The third kappa shape index (κ3) is 2.62. The summed E-state index contributed by atoms with van der Waals surface area (Å²) < 4.78 is 24.4. The van der Waals surface area contributed by atoms with E-state index in [2.05, 4.69) is 10.3 Å². The zero-order chi connectivity index (χ0) is 16.5. The second kappa shape index (κ2) is 5.99. The number of ether oxygens (including phenoxy) is 2. The summed E-state index contributed by atoms with van der Waals surface area (Å²) in [7, 11) is 0. The number of carbonyl (C=O) groups excluding carboxylic acids is 1. The summed E-state index contributed by atoms with van der Waals surface area (Å²) in [6, 6.07) is 6.76. The molecule has 0 bridgehead atoms. The summed E-state index contributed by atoms with van der Waals surface area (Å²) in [5, 5.41) is 2.62. The number of rotatable bonds is 2. The van der Waals surface area contributed by atoms with Crippen LogP contribution in [0.2, 0.25) is 0 Å². The molecule has 1 unspecified atom stereocenters. The van der Waals surface area contributed by atoms with Crippen molar-refractivity contribution < 1.29 is 18.7 Å². The molecule has 6 nitrogen and oxygen atoms in total. The van der Waals surface area contributed by atoms with Gasteiger partial charge in [0.2, 0.25) is 6.79 Å². The fourth-order valence-electron chi connectivity index (χ4n) is 3.14. The largest absolute Gasteiger partial charge is 0.454 e. The van der Waals surface area contributed by atoms with Crippen molar-refractivity contribution in [2.75, 3.05) is 18.7 Å². The molecule has 7 heteroatoms. The van der Waals surface area contributed by atoms with E-state index >= 15 is 0 Å². The Bertz CT molecular complexity index is 783. The molecule has 1 saturated heterocycles. The number of fused-ring (bicyclic) bond motifs is 1. The summed E-state index contributed by atoms with van der Waals surface area (Å²) in [6.07, 6.45) is 4.27. The Kier molecular flexibility index (Phi) is 3.68. The van der Waals surface area contributed by atoms with Gasteiger partial charge >= 0.3 is 6.03 Å². The number of hydrogen-bond donors (Lipinski definition) is 1. The topological polar surface area (TPSA) is 63.7 Å². The van der Waals surface area contributed by atoms with Crippen LogP contribution >= 0.6 is 0 Å². The number of hydrogen-bond acceptors (Lipinski definition) is 4. The number of urea groups is 1. The molecule has 3 heterocycles. The monoisotopic (exact) mass is 329 g/mol. The van der Waals surface area contributed by atoms with E-state index in [1.54, 1.807) is 4.90 Å². The van der Waals surface area contributed by atoms with Crippen LogP contribution in [0.3, 0.4) is 0 Å². The Hall–Kier alpha value is -2.83. The first kappa shape index (κ1) is 14.7. The lowest BCUT2D eigenvalue weighted by Gasteiger charge is -2.25. The van der Waals surface area contributed by atoms with Gasteiger partial charge in [-0.05, 0) is 36.6 Å². The van der Waals surface area contributed by atoms with Crippen molar-refractivity contribution in [1.29, 1.82) is 0 Å². The minimum atomic E-state index is -0.551. The molecule has 0 spiro atoms. The zero-order valence-electron chi connectivity index (χ0n) is 12.9. The number of carbonyl (C=O) groups is 1. The number of anilines is 1. The molecule has 2 aromatic rings. The second-order valence-electron chi connectivity index (χ2n) is 5.75. The molecule has 2 aliphatic rings. The number of benzene rings is 1. The molecular weight excluding hydrogens is 313 g/mol. The van der Waals surface area contributed by atoms with Crippen LogP contribution in [0, 0.1) is 5.82 Å². The van der Waals surface area contributed by atoms with Crippen molar-refractivity contribution in [1.82, 2.24) is 9.88 Å². The number of pyridine rings is 1. The molecule has 1 fully saturated rings. The van der Waals surface area contributed by atoms with E-state index in [0.29, 0.717) is 18.0 Å². The zero-order valence-corrected chi connectivity index (χ0v) is 12.9. The molecule has 4 rings (SSSR count). The highest BCUT2D eigenvalue weighted by molar-refractivity contribution is 5.89. The maximum atomic E-state index is 13.7. The van der Waals surface area contributed by atoms with Crippen LogP contribution in [0.25, 0.3) is 0 Å². The lowest BCUT2D eigenvalue weighted by molar-refractivity contribution is 0.173. The maximum absolute atomic E-state index is 13.7. The average molecular weight is 329 g/mol. The van der Waals surface area contributed by atoms with E-state index in [1.807, 2.05) is 18.2 Å². The van der Waals surface area contributed by atoms with Gasteiger partial charge in [-0.25, -0.2) is 9.18 Å². The normalized spacial score (nSPS) is 18.7. The van der Waals surface area contributed by atoms with E-state index in [0.717, 1.165) is 24.6 Å². The van der Waals surface area contributed by atoms with Crippen molar-refractivity contribution in [2.45, 2.75) is 18.9 Å². The molecule has 0 radical (unpaired) electrons. The first-order valence-corrected chi connectivity index (χ1v) is 7.79. The van der Waals surface area contributed by atoms with E-state index in [1.165, 1.54) is 12.3 Å². The Morgan fingerprint density at radius 1 is 1.29 bits per heavy atom. The summed E-state index contributed by atoms with van der Waals surface area (Å²) in [5.41, 5.74) is 1.12. The lowest BCUT2D eigenvalue weighted by atomic mass is 10.0. The minimum absolute atomic E-state index is 0.0654. The van der Waals surface area contributed by atoms with Gasteiger partial charge in [0.1, 0.15) is 0 Å². The van der Waals surface area contributed by atoms with Crippen LogP contribution in [-0.4, -0.2) is 29.3 Å². The van der Waals surface area contributed by atoms with Crippen LogP contribution in [0.1, 0.15) is 24.4 Å². The highest BCUT2D eigenvalue weighted by Gasteiger charge is 2.31. The van der Waals surface area contributed by atoms with Gasteiger partial charge in [0, 0.05) is 12.7 Å². The van der Waals surface area contributed by atoms with Gasteiger partial charge in [-0.1, -0.05) is 6.07 Å². The summed E-state index contributed by atoms with van der Waals surface area (Å²) >= 11 is 0. The van der Waals surface area contributed by atoms with Crippen LogP contribution < -0.4 is 14.8 Å². The van der Waals surface area contributed by atoms with Gasteiger partial charge in [-0.3, -0.25) is 4.98 Å². The van der Waals surface area contributed by atoms with Gasteiger partial charge < -0.3 is 19.7 Å². The van der Waals surface area contributed by atoms with Crippen molar-refractivity contribution in [2.24, 2.45) is 0 Å². The highest BCUT2D eigenvalue weighted by atomic mass is 19.1. The van der Waals surface area contributed by atoms with Gasteiger partial charge in [0.05, 0.1) is 17.9 Å². The maximum Gasteiger partial charge on any atom is 0.322 e.